The number of rotatable bonds is 5. The van der Waals surface area contributed by atoms with E-state index >= 15 is 0 Å². The summed E-state index contributed by atoms with van der Waals surface area (Å²) in [6, 6.07) is 88.1. The molecular weight excluding hydrogens is 781 g/mol. The SMILES string of the molecule is Cc1ccc2cc(-c3c4ccccc4c(-c4ccc5cc(-c6c7ccccc7c(-c7ccc8cc(-c9ccccc9)ccc8c7)c7ccccc67)ccc5c4)c4ccccc34)ccc2c1. The summed E-state index contributed by atoms with van der Waals surface area (Å²) >= 11 is 0. The van der Waals surface area contributed by atoms with Crippen molar-refractivity contribution in [1.29, 1.82) is 0 Å². The molecule has 0 heteroatoms. The molecule has 13 aromatic carbocycles. The van der Waals surface area contributed by atoms with Gasteiger partial charge in [-0.3, -0.25) is 0 Å². The van der Waals surface area contributed by atoms with E-state index < -0.39 is 0 Å². The second-order valence-corrected chi connectivity index (χ2v) is 17.7. The van der Waals surface area contributed by atoms with Crippen LogP contribution in [0.5, 0.6) is 0 Å². The molecule has 0 unspecified atom stereocenters. The molecule has 0 saturated carbocycles. The van der Waals surface area contributed by atoms with Gasteiger partial charge in [-0.1, -0.05) is 212 Å². The first-order valence-electron chi connectivity index (χ1n) is 22.6. The zero-order chi connectivity index (χ0) is 43.0. The predicted octanol–water partition coefficient (Wildman–Crippen LogP) is 18.4. The van der Waals surface area contributed by atoms with Gasteiger partial charge in [0.05, 0.1) is 0 Å². The maximum absolute atomic E-state index is 2.40. The second-order valence-electron chi connectivity index (χ2n) is 17.7. The van der Waals surface area contributed by atoms with Crippen LogP contribution in [0.3, 0.4) is 0 Å². The van der Waals surface area contributed by atoms with E-state index in [4.69, 9.17) is 0 Å². The number of hydrogen-bond donors (Lipinski definition) is 0. The zero-order valence-electron chi connectivity index (χ0n) is 36.0. The lowest BCUT2D eigenvalue weighted by Gasteiger charge is -2.19. The van der Waals surface area contributed by atoms with Gasteiger partial charge in [0.1, 0.15) is 0 Å². The van der Waals surface area contributed by atoms with E-state index in [1.165, 1.54) is 137 Å². The van der Waals surface area contributed by atoms with Crippen molar-refractivity contribution in [3.8, 4) is 55.6 Å². The van der Waals surface area contributed by atoms with Gasteiger partial charge >= 0.3 is 0 Å². The van der Waals surface area contributed by atoms with Crippen LogP contribution in [0, 0.1) is 6.92 Å². The van der Waals surface area contributed by atoms with Crippen molar-refractivity contribution in [2.75, 3.05) is 0 Å². The first kappa shape index (κ1) is 37.3. The molecule has 0 spiro atoms. The molecule has 0 saturated heterocycles. The molecule has 13 rings (SSSR count). The predicted molar refractivity (Wildman–Crippen MR) is 281 cm³/mol. The minimum absolute atomic E-state index is 1.22. The molecule has 0 radical (unpaired) electrons. The normalized spacial score (nSPS) is 11.8. The maximum atomic E-state index is 2.40. The first-order chi connectivity index (χ1) is 32.1. The lowest BCUT2D eigenvalue weighted by molar-refractivity contribution is 1.51. The lowest BCUT2D eigenvalue weighted by Crippen LogP contribution is -1.92. The van der Waals surface area contributed by atoms with E-state index in [2.05, 4.69) is 244 Å². The number of benzene rings is 13. The molecule has 65 heavy (non-hydrogen) atoms. The third-order valence-electron chi connectivity index (χ3n) is 13.8. The van der Waals surface area contributed by atoms with Crippen molar-refractivity contribution in [1.82, 2.24) is 0 Å². The van der Waals surface area contributed by atoms with Crippen molar-refractivity contribution in [3.63, 3.8) is 0 Å². The lowest BCUT2D eigenvalue weighted by atomic mass is 9.84. The summed E-state index contributed by atoms with van der Waals surface area (Å²) < 4.78 is 0. The molecule has 0 nitrogen and oxygen atoms in total. The molecule has 0 aliphatic rings. The van der Waals surface area contributed by atoms with Crippen LogP contribution >= 0.6 is 0 Å². The van der Waals surface area contributed by atoms with Crippen molar-refractivity contribution >= 4 is 75.4 Å². The maximum Gasteiger partial charge on any atom is -0.00262 e. The molecule has 0 amide bonds. The second kappa shape index (κ2) is 14.9. The van der Waals surface area contributed by atoms with Crippen LogP contribution in [0.1, 0.15) is 5.56 Å². The molecular formula is C65H42. The summed E-state index contributed by atoms with van der Waals surface area (Å²) in [6.45, 7) is 2.16. The highest BCUT2D eigenvalue weighted by atomic mass is 14.2. The minimum Gasteiger partial charge on any atom is -0.0622 e. The Morgan fingerprint density at radius 2 is 0.431 bits per heavy atom. The van der Waals surface area contributed by atoms with Gasteiger partial charge < -0.3 is 0 Å². The quantitative estimate of drug-likeness (QED) is 0.152. The topological polar surface area (TPSA) is 0 Å². The number of fused-ring (bicyclic) bond motifs is 7. The Bertz CT molecular complexity index is 3950. The van der Waals surface area contributed by atoms with Crippen LogP contribution in [0.4, 0.5) is 0 Å². The fraction of sp³-hybridized carbons (Fsp3) is 0.0154. The fourth-order valence-corrected chi connectivity index (χ4v) is 10.8. The molecule has 0 atom stereocenters. The monoisotopic (exact) mass is 822 g/mol. The molecule has 0 bridgehead atoms. The van der Waals surface area contributed by atoms with Crippen molar-refractivity contribution in [2.45, 2.75) is 6.92 Å². The van der Waals surface area contributed by atoms with E-state index in [1.807, 2.05) is 0 Å². The van der Waals surface area contributed by atoms with Crippen LogP contribution in [0.15, 0.2) is 237 Å². The Morgan fingerprint density at radius 1 is 0.185 bits per heavy atom. The fourth-order valence-electron chi connectivity index (χ4n) is 10.8. The van der Waals surface area contributed by atoms with Gasteiger partial charge in [-0.2, -0.15) is 0 Å². The highest BCUT2D eigenvalue weighted by Crippen LogP contribution is 2.47. The van der Waals surface area contributed by atoms with Crippen molar-refractivity contribution < 1.29 is 0 Å². The van der Waals surface area contributed by atoms with E-state index in [9.17, 15) is 0 Å². The van der Waals surface area contributed by atoms with Gasteiger partial charge in [-0.25, -0.2) is 0 Å². The molecule has 0 aliphatic carbocycles. The Hall–Kier alpha value is -8.32. The molecule has 0 fully saturated rings. The summed E-state index contributed by atoms with van der Waals surface area (Å²) in [5.74, 6) is 0. The number of hydrogen-bond acceptors (Lipinski definition) is 0. The molecule has 13 aromatic rings. The van der Waals surface area contributed by atoms with Crippen LogP contribution in [0.2, 0.25) is 0 Å². The average Bonchev–Trinajstić information content (AvgIpc) is 3.36. The Balaban J connectivity index is 0.943. The Kier molecular flexibility index (Phi) is 8.54. The van der Waals surface area contributed by atoms with Gasteiger partial charge in [0.2, 0.25) is 0 Å². The van der Waals surface area contributed by atoms with E-state index in [-0.39, 0.29) is 0 Å². The third kappa shape index (κ3) is 6.14. The average molecular weight is 823 g/mol. The van der Waals surface area contributed by atoms with E-state index in [0.717, 1.165) is 0 Å². The van der Waals surface area contributed by atoms with Gasteiger partial charge in [0.25, 0.3) is 0 Å². The Morgan fingerprint density at radius 3 is 0.754 bits per heavy atom. The summed E-state index contributed by atoms with van der Waals surface area (Å²) in [4.78, 5) is 0. The highest BCUT2D eigenvalue weighted by molar-refractivity contribution is 6.24. The molecule has 0 aromatic heterocycles. The Labute approximate surface area is 378 Å². The highest BCUT2D eigenvalue weighted by Gasteiger charge is 2.20. The van der Waals surface area contributed by atoms with E-state index in [0.29, 0.717) is 0 Å². The minimum atomic E-state index is 1.22. The largest absolute Gasteiger partial charge is 0.0622 e. The van der Waals surface area contributed by atoms with E-state index in [1.54, 1.807) is 0 Å². The standard InChI is InChI=1S/C65H42/c1-41-23-24-45-37-50(31-27-43(45)35-41)62-54-15-5-7-17-56(54)64(57-18-8-6-16-55(57)62)52-33-29-49-40-53(34-30-48(49)39-52)65-60-21-11-9-19-58(60)63(59-20-10-12-22-61(59)65)51-32-28-46-36-44(25-26-47(46)38-51)42-13-3-2-4-14-42/h2-40H,1H3. The van der Waals surface area contributed by atoms with Crippen molar-refractivity contribution in [3.05, 3.63) is 242 Å². The van der Waals surface area contributed by atoms with Crippen LogP contribution in [-0.2, 0) is 0 Å². The molecule has 302 valence electrons. The summed E-state index contributed by atoms with van der Waals surface area (Å²) in [7, 11) is 0. The van der Waals surface area contributed by atoms with Crippen LogP contribution in [0.25, 0.3) is 131 Å². The summed E-state index contributed by atoms with van der Waals surface area (Å²) in [5.41, 5.74) is 13.8. The number of aryl methyl sites for hydroxylation is 1. The van der Waals surface area contributed by atoms with Crippen molar-refractivity contribution in [2.24, 2.45) is 0 Å². The van der Waals surface area contributed by atoms with Crippen LogP contribution < -0.4 is 0 Å². The van der Waals surface area contributed by atoms with Gasteiger partial charge in [-0.05, 0) is 168 Å². The van der Waals surface area contributed by atoms with Crippen LogP contribution in [-0.4, -0.2) is 0 Å². The van der Waals surface area contributed by atoms with Gasteiger partial charge in [0.15, 0.2) is 0 Å². The zero-order valence-corrected chi connectivity index (χ0v) is 36.0. The third-order valence-corrected chi connectivity index (χ3v) is 13.8. The molecule has 0 N–H and O–H groups in total. The smallest absolute Gasteiger partial charge is 0.00262 e. The molecule has 0 heterocycles. The van der Waals surface area contributed by atoms with Gasteiger partial charge in [-0.15, -0.1) is 0 Å². The summed E-state index contributed by atoms with van der Waals surface area (Å²) in [6.07, 6.45) is 0. The first-order valence-corrected chi connectivity index (χ1v) is 22.6. The molecule has 0 aliphatic heterocycles. The summed E-state index contributed by atoms with van der Waals surface area (Å²) in [5, 5.41) is 17.6. The van der Waals surface area contributed by atoms with Gasteiger partial charge in [0, 0.05) is 0 Å².